The van der Waals surface area contributed by atoms with Crippen molar-refractivity contribution < 1.29 is 5.11 Å². The van der Waals surface area contributed by atoms with Crippen LogP contribution in [-0.2, 0) is 10.8 Å². The van der Waals surface area contributed by atoms with Crippen molar-refractivity contribution in [1.82, 2.24) is 0 Å². The Labute approximate surface area is 105 Å². The fourth-order valence-corrected chi connectivity index (χ4v) is 2.14. The molecule has 0 bridgehead atoms. The molecule has 0 heterocycles. The fourth-order valence-electron chi connectivity index (χ4n) is 2.14. The van der Waals surface area contributed by atoms with Crippen LogP contribution in [0.25, 0.3) is 0 Å². The second-order valence-corrected chi connectivity index (χ2v) is 6.86. The number of benzene rings is 1. The van der Waals surface area contributed by atoms with E-state index in [1.807, 2.05) is 6.92 Å². The lowest BCUT2D eigenvalue weighted by atomic mass is 9.77. The van der Waals surface area contributed by atoms with Gasteiger partial charge in [-0.15, -0.1) is 0 Å². The van der Waals surface area contributed by atoms with Crippen LogP contribution in [-0.4, -0.2) is 5.11 Å². The molecule has 2 nitrogen and oxygen atoms in total. The minimum atomic E-state index is -0.105. The van der Waals surface area contributed by atoms with Crippen molar-refractivity contribution in [3.63, 3.8) is 0 Å². The molecular formula is C15H25NO. The number of phenols is 1. The molecule has 2 heteroatoms. The van der Waals surface area contributed by atoms with Crippen molar-refractivity contribution in [2.75, 3.05) is 5.73 Å². The first-order valence-electron chi connectivity index (χ1n) is 6.09. The van der Waals surface area contributed by atoms with Crippen LogP contribution >= 0.6 is 0 Å². The molecule has 17 heavy (non-hydrogen) atoms. The Morgan fingerprint density at radius 3 is 1.71 bits per heavy atom. The quantitative estimate of drug-likeness (QED) is 0.529. The van der Waals surface area contributed by atoms with Crippen LogP contribution in [0, 0.1) is 6.92 Å². The lowest BCUT2D eigenvalue weighted by Crippen LogP contribution is -2.19. The topological polar surface area (TPSA) is 46.2 Å². The third kappa shape index (κ3) is 2.56. The normalized spacial score (nSPS) is 12.9. The van der Waals surface area contributed by atoms with Gasteiger partial charge in [-0.3, -0.25) is 0 Å². The lowest BCUT2D eigenvalue weighted by Gasteiger charge is -2.28. The first-order valence-corrected chi connectivity index (χ1v) is 6.09. The van der Waals surface area contributed by atoms with Gasteiger partial charge in [0.1, 0.15) is 5.75 Å². The Hall–Kier alpha value is -1.18. The highest BCUT2D eigenvalue weighted by Gasteiger charge is 2.26. The predicted octanol–water partition coefficient (Wildman–Crippen LogP) is 3.88. The highest BCUT2D eigenvalue weighted by atomic mass is 16.3. The molecular weight excluding hydrogens is 210 g/mol. The van der Waals surface area contributed by atoms with E-state index >= 15 is 0 Å². The molecule has 0 fully saturated rings. The van der Waals surface area contributed by atoms with Crippen LogP contribution in [0.3, 0.4) is 0 Å². The van der Waals surface area contributed by atoms with Gasteiger partial charge in [0.15, 0.2) is 0 Å². The molecule has 0 saturated heterocycles. The molecule has 0 unspecified atom stereocenters. The summed E-state index contributed by atoms with van der Waals surface area (Å²) < 4.78 is 0. The molecule has 0 aliphatic heterocycles. The monoisotopic (exact) mass is 235 g/mol. The van der Waals surface area contributed by atoms with Gasteiger partial charge in [-0.25, -0.2) is 0 Å². The van der Waals surface area contributed by atoms with Crippen LogP contribution in [0.1, 0.15) is 58.2 Å². The third-order valence-corrected chi connectivity index (χ3v) is 3.22. The molecule has 1 aromatic rings. The van der Waals surface area contributed by atoms with Gasteiger partial charge in [0.05, 0.1) is 5.69 Å². The SMILES string of the molecule is Cc1c(C(C)(C)C)cc(C(C)(C)C)c(O)c1N. The highest BCUT2D eigenvalue weighted by Crippen LogP contribution is 2.41. The maximum atomic E-state index is 10.2. The van der Waals surface area contributed by atoms with Crippen molar-refractivity contribution >= 4 is 5.69 Å². The predicted molar refractivity (Wildman–Crippen MR) is 74.7 cm³/mol. The second kappa shape index (κ2) is 3.94. The summed E-state index contributed by atoms with van der Waals surface area (Å²) in [6, 6.07) is 2.10. The van der Waals surface area contributed by atoms with Gasteiger partial charge in [0.25, 0.3) is 0 Å². The molecule has 0 spiro atoms. The fraction of sp³-hybridized carbons (Fsp3) is 0.600. The van der Waals surface area contributed by atoms with Crippen LogP contribution in [0.2, 0.25) is 0 Å². The van der Waals surface area contributed by atoms with Gasteiger partial charge in [0.2, 0.25) is 0 Å². The van der Waals surface area contributed by atoms with Crippen LogP contribution in [0.5, 0.6) is 5.75 Å². The number of anilines is 1. The molecule has 0 saturated carbocycles. The van der Waals surface area contributed by atoms with Gasteiger partial charge >= 0.3 is 0 Å². The summed E-state index contributed by atoms with van der Waals surface area (Å²) >= 11 is 0. The Bertz CT molecular complexity index is 395. The van der Waals surface area contributed by atoms with E-state index in [0.717, 1.165) is 11.1 Å². The molecule has 96 valence electrons. The largest absolute Gasteiger partial charge is 0.505 e. The van der Waals surface area contributed by atoms with Gasteiger partial charge in [0, 0.05) is 5.56 Å². The molecule has 0 amide bonds. The van der Waals surface area contributed by atoms with Crippen molar-refractivity contribution in [2.45, 2.75) is 59.3 Å². The van der Waals surface area contributed by atoms with E-state index in [2.05, 4.69) is 47.6 Å². The number of aromatic hydroxyl groups is 1. The minimum Gasteiger partial charge on any atom is -0.505 e. The van der Waals surface area contributed by atoms with E-state index < -0.39 is 0 Å². The number of nitrogen functional groups attached to an aromatic ring is 1. The van der Waals surface area contributed by atoms with Crippen molar-refractivity contribution in [3.05, 3.63) is 22.8 Å². The minimum absolute atomic E-state index is 0.0336. The number of rotatable bonds is 0. The zero-order valence-corrected chi connectivity index (χ0v) is 12.1. The molecule has 1 aromatic carbocycles. The van der Waals surface area contributed by atoms with Crippen molar-refractivity contribution in [1.29, 1.82) is 0 Å². The van der Waals surface area contributed by atoms with Crippen molar-refractivity contribution in [3.8, 4) is 5.75 Å². The summed E-state index contributed by atoms with van der Waals surface area (Å²) in [7, 11) is 0. The van der Waals surface area contributed by atoms with E-state index in [1.54, 1.807) is 0 Å². The highest BCUT2D eigenvalue weighted by molar-refractivity contribution is 5.66. The second-order valence-electron chi connectivity index (χ2n) is 6.86. The Morgan fingerprint density at radius 1 is 0.941 bits per heavy atom. The number of phenolic OH excluding ortho intramolecular Hbond substituents is 1. The van der Waals surface area contributed by atoms with Gasteiger partial charge in [-0.2, -0.15) is 0 Å². The van der Waals surface area contributed by atoms with E-state index in [-0.39, 0.29) is 16.6 Å². The summed E-state index contributed by atoms with van der Waals surface area (Å²) in [6.45, 7) is 14.7. The summed E-state index contributed by atoms with van der Waals surface area (Å²) in [4.78, 5) is 0. The van der Waals surface area contributed by atoms with Crippen molar-refractivity contribution in [2.24, 2.45) is 0 Å². The van der Waals surface area contributed by atoms with Crippen LogP contribution < -0.4 is 5.73 Å². The van der Waals surface area contributed by atoms with E-state index in [0.29, 0.717) is 5.69 Å². The Kier molecular flexibility index (Phi) is 3.21. The maximum Gasteiger partial charge on any atom is 0.142 e. The van der Waals surface area contributed by atoms with Gasteiger partial charge < -0.3 is 10.8 Å². The lowest BCUT2D eigenvalue weighted by molar-refractivity contribution is 0.446. The average molecular weight is 235 g/mol. The zero-order chi connectivity index (χ0) is 13.6. The molecule has 1 rings (SSSR count). The molecule has 0 aliphatic carbocycles. The molecule has 0 radical (unpaired) electrons. The third-order valence-electron chi connectivity index (χ3n) is 3.22. The van der Waals surface area contributed by atoms with Gasteiger partial charge in [-0.1, -0.05) is 47.6 Å². The number of hydrogen-bond acceptors (Lipinski definition) is 2. The van der Waals surface area contributed by atoms with E-state index in [4.69, 9.17) is 5.73 Å². The van der Waals surface area contributed by atoms with Crippen LogP contribution in [0.15, 0.2) is 6.07 Å². The molecule has 0 aromatic heterocycles. The van der Waals surface area contributed by atoms with Gasteiger partial charge in [-0.05, 0) is 28.9 Å². The average Bonchev–Trinajstić information content (AvgIpc) is 2.10. The standard InChI is InChI=1S/C15H25NO/c1-9-10(14(2,3)4)8-11(15(5,6)7)13(17)12(9)16/h8,17H,16H2,1-7H3. The number of hydrogen-bond donors (Lipinski definition) is 2. The Morgan fingerprint density at radius 2 is 1.35 bits per heavy atom. The smallest absolute Gasteiger partial charge is 0.142 e. The summed E-state index contributed by atoms with van der Waals surface area (Å²) in [5, 5.41) is 10.2. The molecule has 3 N–H and O–H groups in total. The Balaban J connectivity index is 3.63. The zero-order valence-electron chi connectivity index (χ0n) is 12.1. The first kappa shape index (κ1) is 13.9. The molecule has 0 atom stereocenters. The molecule has 0 aliphatic rings. The van der Waals surface area contributed by atoms with E-state index in [9.17, 15) is 5.11 Å². The maximum absolute atomic E-state index is 10.2. The van der Waals surface area contributed by atoms with E-state index in [1.165, 1.54) is 5.56 Å². The number of nitrogens with two attached hydrogens (primary N) is 1. The first-order chi connectivity index (χ1) is 7.46. The van der Waals surface area contributed by atoms with Crippen LogP contribution in [0.4, 0.5) is 5.69 Å². The summed E-state index contributed by atoms with van der Waals surface area (Å²) in [5.74, 6) is 0.239. The summed E-state index contributed by atoms with van der Waals surface area (Å²) in [5.41, 5.74) is 9.59. The summed E-state index contributed by atoms with van der Waals surface area (Å²) in [6.07, 6.45) is 0.